The molecule has 0 bridgehead atoms. The fourth-order valence-corrected chi connectivity index (χ4v) is 2.96. The number of halogens is 1. The van der Waals surface area contributed by atoms with Gasteiger partial charge in [0.05, 0.1) is 7.11 Å². The lowest BCUT2D eigenvalue weighted by Crippen LogP contribution is -2.24. The highest BCUT2D eigenvalue weighted by molar-refractivity contribution is 5.76. The van der Waals surface area contributed by atoms with E-state index in [-0.39, 0.29) is 11.7 Å². The Balaban J connectivity index is 1.82. The van der Waals surface area contributed by atoms with Crippen LogP contribution >= 0.6 is 0 Å². The Bertz CT molecular complexity index is 745. The molecule has 0 fully saturated rings. The van der Waals surface area contributed by atoms with Crippen molar-refractivity contribution in [3.63, 3.8) is 0 Å². The summed E-state index contributed by atoms with van der Waals surface area (Å²) in [6.07, 6.45) is 0.819. The van der Waals surface area contributed by atoms with Crippen LogP contribution in [0.3, 0.4) is 0 Å². The Morgan fingerprint density at radius 1 is 1.07 bits per heavy atom. The molecule has 0 aliphatic rings. The van der Waals surface area contributed by atoms with Gasteiger partial charge in [-0.25, -0.2) is 4.39 Å². The maximum Gasteiger partial charge on any atom is 0.220 e. The number of benzene rings is 2. The second kappa shape index (κ2) is 10.7. The van der Waals surface area contributed by atoms with Crippen molar-refractivity contribution in [2.75, 3.05) is 20.2 Å². The van der Waals surface area contributed by atoms with Gasteiger partial charge in [-0.2, -0.15) is 0 Å². The van der Waals surface area contributed by atoms with Crippen molar-refractivity contribution >= 4 is 5.91 Å². The Hall–Kier alpha value is -2.40. The minimum absolute atomic E-state index is 0.0413. The Labute approximate surface area is 161 Å². The summed E-state index contributed by atoms with van der Waals surface area (Å²) in [5.74, 6) is -0.228. The number of nitrogens with zero attached hydrogens (tertiary/aromatic N) is 1. The molecule has 2 aromatic carbocycles. The molecule has 2 aromatic rings. The molecule has 4 nitrogen and oxygen atoms in total. The van der Waals surface area contributed by atoms with E-state index in [1.165, 1.54) is 18.7 Å². The van der Waals surface area contributed by atoms with E-state index in [9.17, 15) is 9.18 Å². The summed E-state index contributed by atoms with van der Waals surface area (Å²) in [4.78, 5) is 14.5. The van der Waals surface area contributed by atoms with Crippen LogP contribution in [0, 0.1) is 5.82 Å². The topological polar surface area (TPSA) is 41.6 Å². The fourth-order valence-electron chi connectivity index (χ4n) is 2.96. The molecule has 0 unspecified atom stereocenters. The molecule has 0 saturated heterocycles. The van der Waals surface area contributed by atoms with Crippen LogP contribution in [0.15, 0.2) is 42.5 Å². The SMILES string of the molecule is CCN(CC)Cc1cccc(CNC(=O)CCc2ccc(OC)c(F)c2)c1. The molecule has 0 aliphatic heterocycles. The van der Waals surface area contributed by atoms with Crippen LogP contribution in [-0.2, 0) is 24.3 Å². The molecule has 0 atom stereocenters. The lowest BCUT2D eigenvalue weighted by atomic mass is 10.1. The molecule has 146 valence electrons. The van der Waals surface area contributed by atoms with E-state index in [1.54, 1.807) is 12.1 Å². The summed E-state index contributed by atoms with van der Waals surface area (Å²) in [5.41, 5.74) is 3.12. The lowest BCUT2D eigenvalue weighted by Gasteiger charge is -2.18. The van der Waals surface area contributed by atoms with Crippen LogP contribution in [0.4, 0.5) is 4.39 Å². The number of rotatable bonds is 10. The first-order valence-electron chi connectivity index (χ1n) is 9.45. The molecule has 2 rings (SSSR count). The number of aryl methyl sites for hydroxylation is 1. The summed E-state index contributed by atoms with van der Waals surface area (Å²) in [7, 11) is 1.43. The third-order valence-electron chi connectivity index (χ3n) is 4.64. The second-order valence-corrected chi connectivity index (χ2v) is 6.53. The van der Waals surface area contributed by atoms with Gasteiger partial charge in [0, 0.05) is 19.5 Å². The standard InChI is InChI=1S/C22H29FN2O2/c1-4-25(5-2)16-19-8-6-7-18(13-19)15-24-22(26)12-10-17-9-11-21(27-3)20(23)14-17/h6-9,11,13-14H,4-5,10,12,15-16H2,1-3H3,(H,24,26). The predicted molar refractivity (Wildman–Crippen MR) is 106 cm³/mol. The van der Waals surface area contributed by atoms with Crippen molar-refractivity contribution in [2.45, 2.75) is 39.8 Å². The van der Waals surface area contributed by atoms with Crippen LogP contribution in [-0.4, -0.2) is 31.0 Å². The van der Waals surface area contributed by atoms with Gasteiger partial charge in [-0.3, -0.25) is 9.69 Å². The Morgan fingerprint density at radius 3 is 2.48 bits per heavy atom. The fraction of sp³-hybridized carbons (Fsp3) is 0.409. The second-order valence-electron chi connectivity index (χ2n) is 6.53. The van der Waals surface area contributed by atoms with Gasteiger partial charge in [0.15, 0.2) is 11.6 Å². The van der Waals surface area contributed by atoms with E-state index in [1.807, 2.05) is 12.1 Å². The average molecular weight is 372 g/mol. The number of carbonyl (C=O) groups is 1. The molecule has 27 heavy (non-hydrogen) atoms. The van der Waals surface area contributed by atoms with Gasteiger partial charge in [0.2, 0.25) is 5.91 Å². The highest BCUT2D eigenvalue weighted by Crippen LogP contribution is 2.18. The van der Waals surface area contributed by atoms with Gasteiger partial charge < -0.3 is 10.1 Å². The van der Waals surface area contributed by atoms with E-state index in [2.05, 4.69) is 36.2 Å². The Morgan fingerprint density at radius 2 is 1.81 bits per heavy atom. The zero-order valence-corrected chi connectivity index (χ0v) is 16.4. The monoisotopic (exact) mass is 372 g/mol. The number of nitrogens with one attached hydrogen (secondary N) is 1. The van der Waals surface area contributed by atoms with E-state index in [0.29, 0.717) is 19.4 Å². The average Bonchev–Trinajstić information content (AvgIpc) is 2.69. The molecule has 0 aromatic heterocycles. The number of amides is 1. The summed E-state index contributed by atoms with van der Waals surface area (Å²) >= 11 is 0. The van der Waals surface area contributed by atoms with Crippen molar-refractivity contribution < 1.29 is 13.9 Å². The molecule has 1 amide bonds. The third-order valence-corrected chi connectivity index (χ3v) is 4.64. The molecule has 0 heterocycles. The number of methoxy groups -OCH3 is 1. The third kappa shape index (κ3) is 6.68. The van der Waals surface area contributed by atoms with Crippen LogP contribution in [0.2, 0.25) is 0 Å². The molecule has 5 heteroatoms. The number of hydrogen-bond acceptors (Lipinski definition) is 3. The van der Waals surface area contributed by atoms with Crippen molar-refractivity contribution in [1.29, 1.82) is 0 Å². The lowest BCUT2D eigenvalue weighted by molar-refractivity contribution is -0.121. The predicted octanol–water partition coefficient (Wildman–Crippen LogP) is 3.93. The van der Waals surface area contributed by atoms with E-state index < -0.39 is 5.82 Å². The van der Waals surface area contributed by atoms with Crippen LogP contribution in [0.25, 0.3) is 0 Å². The van der Waals surface area contributed by atoms with E-state index in [0.717, 1.165) is 30.8 Å². The molecule has 0 spiro atoms. The largest absolute Gasteiger partial charge is 0.494 e. The van der Waals surface area contributed by atoms with Crippen LogP contribution in [0.1, 0.15) is 37.0 Å². The van der Waals surface area contributed by atoms with Crippen molar-refractivity contribution in [3.05, 3.63) is 65.0 Å². The highest BCUT2D eigenvalue weighted by atomic mass is 19.1. The zero-order valence-electron chi connectivity index (χ0n) is 16.4. The maximum atomic E-state index is 13.7. The molecule has 0 saturated carbocycles. The first-order valence-corrected chi connectivity index (χ1v) is 9.45. The quantitative estimate of drug-likeness (QED) is 0.687. The van der Waals surface area contributed by atoms with Gasteiger partial charge in [-0.1, -0.05) is 44.2 Å². The first-order chi connectivity index (χ1) is 13.0. The number of ether oxygens (including phenoxy) is 1. The molecule has 1 N–H and O–H groups in total. The zero-order chi connectivity index (χ0) is 19.6. The van der Waals surface area contributed by atoms with E-state index >= 15 is 0 Å². The normalized spacial score (nSPS) is 10.9. The number of carbonyl (C=O) groups excluding carboxylic acids is 1. The van der Waals surface area contributed by atoms with Crippen LogP contribution in [0.5, 0.6) is 5.75 Å². The highest BCUT2D eigenvalue weighted by Gasteiger charge is 2.07. The van der Waals surface area contributed by atoms with Crippen molar-refractivity contribution in [2.24, 2.45) is 0 Å². The first kappa shape index (κ1) is 20.9. The van der Waals surface area contributed by atoms with Gasteiger partial charge in [0.1, 0.15) is 0 Å². The molecule has 0 radical (unpaired) electrons. The van der Waals surface area contributed by atoms with Gasteiger partial charge in [-0.15, -0.1) is 0 Å². The van der Waals surface area contributed by atoms with Gasteiger partial charge in [0.25, 0.3) is 0 Å². The minimum Gasteiger partial charge on any atom is -0.494 e. The van der Waals surface area contributed by atoms with Crippen LogP contribution < -0.4 is 10.1 Å². The summed E-state index contributed by atoms with van der Waals surface area (Å²) in [6, 6.07) is 13.1. The van der Waals surface area contributed by atoms with Crippen molar-refractivity contribution in [1.82, 2.24) is 10.2 Å². The molecule has 0 aliphatic carbocycles. The smallest absolute Gasteiger partial charge is 0.220 e. The summed E-state index contributed by atoms with van der Waals surface area (Å²) in [5, 5.41) is 2.94. The molecular weight excluding hydrogens is 343 g/mol. The minimum atomic E-state index is -0.402. The Kier molecular flexibility index (Phi) is 8.27. The van der Waals surface area contributed by atoms with E-state index in [4.69, 9.17) is 4.74 Å². The number of hydrogen-bond donors (Lipinski definition) is 1. The van der Waals surface area contributed by atoms with Gasteiger partial charge >= 0.3 is 0 Å². The molecular formula is C22H29FN2O2. The van der Waals surface area contributed by atoms with Gasteiger partial charge in [-0.05, 0) is 48.3 Å². The van der Waals surface area contributed by atoms with Crippen molar-refractivity contribution in [3.8, 4) is 5.75 Å². The summed E-state index contributed by atoms with van der Waals surface area (Å²) < 4.78 is 18.6. The summed E-state index contributed by atoms with van der Waals surface area (Å²) in [6.45, 7) is 7.76. The maximum absolute atomic E-state index is 13.7.